The van der Waals surface area contributed by atoms with Crippen LogP contribution in [0.5, 0.6) is 0 Å². The lowest BCUT2D eigenvalue weighted by atomic mass is 10.2. The topological polar surface area (TPSA) is 70.0 Å². The molecule has 16 heavy (non-hydrogen) atoms. The normalized spacial score (nSPS) is 11.1. The van der Waals surface area contributed by atoms with Gasteiger partial charge >= 0.3 is 0 Å². The molecule has 1 aromatic rings. The summed E-state index contributed by atoms with van der Waals surface area (Å²) in [6.45, 7) is 2.12. The molecule has 0 amide bonds. The number of rotatable bonds is 4. The second-order valence-electron chi connectivity index (χ2n) is 3.15. The Kier molecular flexibility index (Phi) is 3.99. The van der Waals surface area contributed by atoms with Crippen LogP contribution in [0.4, 0.5) is 4.39 Å². The highest BCUT2D eigenvalue weighted by Crippen LogP contribution is 2.13. The summed E-state index contributed by atoms with van der Waals surface area (Å²) in [4.78, 5) is -0.169. The summed E-state index contributed by atoms with van der Waals surface area (Å²) in [5, 5.41) is 8.50. The average molecular weight is 242 g/mol. The van der Waals surface area contributed by atoms with Crippen LogP contribution in [-0.4, -0.2) is 15.0 Å². The van der Waals surface area contributed by atoms with Crippen LogP contribution in [0.25, 0.3) is 0 Å². The van der Waals surface area contributed by atoms with E-state index in [9.17, 15) is 12.8 Å². The third-order valence-corrected chi connectivity index (χ3v) is 3.37. The third kappa shape index (κ3) is 2.78. The quantitative estimate of drug-likeness (QED) is 0.867. The minimum Gasteiger partial charge on any atom is -0.211 e. The van der Waals surface area contributed by atoms with Crippen LogP contribution >= 0.6 is 0 Å². The van der Waals surface area contributed by atoms with Crippen molar-refractivity contribution in [2.75, 3.05) is 6.54 Å². The summed E-state index contributed by atoms with van der Waals surface area (Å²) in [6.07, 6.45) is 0.651. The fourth-order valence-electron chi connectivity index (χ4n) is 1.07. The van der Waals surface area contributed by atoms with Crippen molar-refractivity contribution in [3.63, 3.8) is 0 Å². The van der Waals surface area contributed by atoms with Crippen LogP contribution in [0.15, 0.2) is 23.1 Å². The molecule has 86 valence electrons. The molecule has 0 radical (unpaired) electrons. The van der Waals surface area contributed by atoms with Crippen molar-refractivity contribution in [3.8, 4) is 6.07 Å². The molecule has 0 saturated carbocycles. The van der Waals surface area contributed by atoms with E-state index in [1.54, 1.807) is 6.07 Å². The molecule has 1 rings (SSSR count). The fourth-order valence-corrected chi connectivity index (χ4v) is 2.22. The van der Waals surface area contributed by atoms with E-state index in [0.717, 1.165) is 12.1 Å². The number of hydrogen-bond donors (Lipinski definition) is 1. The van der Waals surface area contributed by atoms with Crippen molar-refractivity contribution in [2.45, 2.75) is 18.2 Å². The molecule has 0 unspecified atom stereocenters. The maximum atomic E-state index is 13.2. The summed E-state index contributed by atoms with van der Waals surface area (Å²) in [7, 11) is -3.67. The molecule has 0 aliphatic carbocycles. The van der Waals surface area contributed by atoms with Crippen molar-refractivity contribution in [1.82, 2.24) is 4.72 Å². The summed E-state index contributed by atoms with van der Waals surface area (Å²) in [6, 6.07) is 4.83. The highest BCUT2D eigenvalue weighted by atomic mass is 32.2. The van der Waals surface area contributed by atoms with Crippen molar-refractivity contribution >= 4 is 10.0 Å². The van der Waals surface area contributed by atoms with Gasteiger partial charge in [-0.25, -0.2) is 17.5 Å². The molecule has 0 fully saturated rings. The molecular weight excluding hydrogens is 231 g/mol. The Hall–Kier alpha value is -1.45. The zero-order chi connectivity index (χ0) is 12.2. The Balaban J connectivity index is 3.07. The van der Waals surface area contributed by atoms with Crippen LogP contribution in [0.1, 0.15) is 18.9 Å². The smallest absolute Gasteiger partial charge is 0.211 e. The van der Waals surface area contributed by atoms with Crippen LogP contribution in [0.2, 0.25) is 0 Å². The molecule has 0 aromatic heterocycles. The average Bonchev–Trinajstić information content (AvgIpc) is 2.26. The Bertz CT molecular complexity index is 520. The summed E-state index contributed by atoms with van der Waals surface area (Å²) in [5.41, 5.74) is -0.172. The lowest BCUT2D eigenvalue weighted by Gasteiger charge is -2.05. The predicted molar refractivity (Wildman–Crippen MR) is 56.6 cm³/mol. The molecule has 4 nitrogen and oxygen atoms in total. The van der Waals surface area contributed by atoms with Crippen LogP contribution in [0.3, 0.4) is 0 Å². The predicted octanol–water partition coefficient (Wildman–Crippen LogP) is 1.39. The van der Waals surface area contributed by atoms with E-state index in [-0.39, 0.29) is 10.5 Å². The van der Waals surface area contributed by atoms with Gasteiger partial charge in [-0.2, -0.15) is 5.26 Å². The number of benzene rings is 1. The van der Waals surface area contributed by atoms with Crippen LogP contribution in [-0.2, 0) is 10.0 Å². The highest BCUT2D eigenvalue weighted by molar-refractivity contribution is 7.89. The molecular formula is C10H11FN2O2S. The van der Waals surface area contributed by atoms with Gasteiger partial charge in [0.15, 0.2) is 0 Å². The molecule has 0 spiro atoms. The summed E-state index contributed by atoms with van der Waals surface area (Å²) < 4.78 is 38.7. The number of nitrogens with one attached hydrogen (secondary N) is 1. The van der Waals surface area contributed by atoms with Gasteiger partial charge in [-0.15, -0.1) is 0 Å². The SMILES string of the molecule is CCCNS(=O)(=O)c1ccc(C#N)c(F)c1. The largest absolute Gasteiger partial charge is 0.240 e. The van der Waals surface area contributed by atoms with Crippen molar-refractivity contribution < 1.29 is 12.8 Å². The Labute approximate surface area is 93.8 Å². The zero-order valence-corrected chi connectivity index (χ0v) is 9.51. The molecule has 6 heteroatoms. The maximum Gasteiger partial charge on any atom is 0.240 e. The highest BCUT2D eigenvalue weighted by Gasteiger charge is 2.15. The van der Waals surface area contributed by atoms with Gasteiger partial charge in [0.05, 0.1) is 10.5 Å². The second kappa shape index (κ2) is 5.05. The van der Waals surface area contributed by atoms with E-state index >= 15 is 0 Å². The van der Waals surface area contributed by atoms with Crippen molar-refractivity contribution in [2.24, 2.45) is 0 Å². The van der Waals surface area contributed by atoms with Crippen molar-refractivity contribution in [1.29, 1.82) is 5.26 Å². The molecule has 1 aromatic carbocycles. The minimum atomic E-state index is -3.67. The van der Waals surface area contributed by atoms with Gasteiger partial charge in [0.1, 0.15) is 11.9 Å². The fraction of sp³-hybridized carbons (Fsp3) is 0.300. The number of sulfonamides is 1. The molecule has 0 atom stereocenters. The molecule has 0 aliphatic rings. The van der Waals surface area contributed by atoms with Gasteiger partial charge in [0, 0.05) is 6.54 Å². The number of nitriles is 1. The van der Waals surface area contributed by atoms with Gasteiger partial charge < -0.3 is 0 Å². The van der Waals surface area contributed by atoms with Crippen molar-refractivity contribution in [3.05, 3.63) is 29.6 Å². The molecule has 0 bridgehead atoms. The lowest BCUT2D eigenvalue weighted by Crippen LogP contribution is -2.24. The van der Waals surface area contributed by atoms with E-state index in [1.165, 1.54) is 6.07 Å². The first-order valence-corrected chi connectivity index (χ1v) is 6.19. The number of hydrogen-bond acceptors (Lipinski definition) is 3. The second-order valence-corrected chi connectivity index (χ2v) is 4.92. The van der Waals surface area contributed by atoms with Gasteiger partial charge in [0.2, 0.25) is 10.0 Å². The molecule has 0 heterocycles. The van der Waals surface area contributed by atoms with E-state index in [1.807, 2.05) is 6.92 Å². The first-order chi connectivity index (χ1) is 7.51. The minimum absolute atomic E-state index is 0.169. The van der Waals surface area contributed by atoms with E-state index < -0.39 is 15.8 Å². The van der Waals surface area contributed by atoms with Gasteiger partial charge in [-0.3, -0.25) is 0 Å². The van der Waals surface area contributed by atoms with E-state index in [0.29, 0.717) is 13.0 Å². The molecule has 1 N–H and O–H groups in total. The van der Waals surface area contributed by atoms with E-state index in [4.69, 9.17) is 5.26 Å². The lowest BCUT2D eigenvalue weighted by molar-refractivity contribution is 0.576. The Morgan fingerprint density at radius 2 is 2.19 bits per heavy atom. The van der Waals surface area contributed by atoms with Gasteiger partial charge in [0.25, 0.3) is 0 Å². The zero-order valence-electron chi connectivity index (χ0n) is 8.70. The Morgan fingerprint density at radius 3 is 2.69 bits per heavy atom. The third-order valence-electron chi connectivity index (χ3n) is 1.91. The molecule has 0 aliphatic heterocycles. The van der Waals surface area contributed by atoms with Crippen LogP contribution < -0.4 is 4.72 Å². The van der Waals surface area contributed by atoms with E-state index in [2.05, 4.69) is 4.72 Å². The van der Waals surface area contributed by atoms with Crippen LogP contribution in [0, 0.1) is 17.1 Å². The Morgan fingerprint density at radius 1 is 1.50 bits per heavy atom. The number of halogens is 1. The number of nitrogens with zero attached hydrogens (tertiary/aromatic N) is 1. The van der Waals surface area contributed by atoms with Gasteiger partial charge in [-0.1, -0.05) is 6.92 Å². The first-order valence-electron chi connectivity index (χ1n) is 4.70. The monoisotopic (exact) mass is 242 g/mol. The first kappa shape index (κ1) is 12.6. The maximum absolute atomic E-state index is 13.2. The molecule has 0 saturated heterocycles. The van der Waals surface area contributed by atoms with Gasteiger partial charge in [-0.05, 0) is 24.6 Å². The summed E-state index contributed by atoms with van der Waals surface area (Å²) in [5.74, 6) is -0.832. The standard InChI is InChI=1S/C10H11FN2O2S/c1-2-5-13-16(14,15)9-4-3-8(7-12)10(11)6-9/h3-4,6,13H,2,5H2,1H3. The summed E-state index contributed by atoms with van der Waals surface area (Å²) >= 11 is 0.